The van der Waals surface area contributed by atoms with Gasteiger partial charge in [-0.25, -0.2) is 0 Å². The number of hydrogen-bond acceptors (Lipinski definition) is 6. The molecule has 0 bridgehead atoms. The van der Waals surface area contributed by atoms with Crippen molar-refractivity contribution in [2.75, 3.05) is 33.3 Å². The Balaban J connectivity index is 2.00. The number of nitrogens with zero attached hydrogens (tertiary/aromatic N) is 1. The van der Waals surface area contributed by atoms with Crippen LogP contribution in [0.4, 0.5) is 5.69 Å². The van der Waals surface area contributed by atoms with Crippen molar-refractivity contribution in [1.29, 1.82) is 0 Å². The van der Waals surface area contributed by atoms with Crippen molar-refractivity contribution in [3.8, 4) is 17.2 Å². The second kappa shape index (κ2) is 6.92. The summed E-state index contributed by atoms with van der Waals surface area (Å²) in [6.45, 7) is 0. The molecular formula is C20H21NO6. The highest BCUT2D eigenvalue weighted by molar-refractivity contribution is 6.10. The lowest BCUT2D eigenvalue weighted by atomic mass is 9.88. The van der Waals surface area contributed by atoms with E-state index in [0.717, 1.165) is 0 Å². The van der Waals surface area contributed by atoms with Crippen LogP contribution in [0.2, 0.25) is 0 Å². The van der Waals surface area contributed by atoms with E-state index in [1.54, 1.807) is 31.3 Å². The van der Waals surface area contributed by atoms with E-state index in [2.05, 4.69) is 0 Å². The molecule has 0 aliphatic carbocycles. The smallest absolute Gasteiger partial charge is 0.263 e. The fraction of sp³-hybridized carbons (Fsp3) is 0.300. The van der Waals surface area contributed by atoms with Gasteiger partial charge in [-0.05, 0) is 18.2 Å². The SMILES string of the molecule is COc1cc(C(=O)C[C@@]2(O)C(=O)N(C)c3ccccc32)cc(OC)c1OC. The highest BCUT2D eigenvalue weighted by atomic mass is 16.5. The molecule has 2 aromatic carbocycles. The van der Waals surface area contributed by atoms with E-state index in [1.807, 2.05) is 0 Å². The zero-order valence-electron chi connectivity index (χ0n) is 15.6. The lowest BCUT2D eigenvalue weighted by Crippen LogP contribution is -2.40. The molecule has 0 unspecified atom stereocenters. The van der Waals surface area contributed by atoms with Crippen LogP contribution in [0.3, 0.4) is 0 Å². The largest absolute Gasteiger partial charge is 0.493 e. The number of hydrogen-bond donors (Lipinski definition) is 1. The van der Waals surface area contributed by atoms with Crippen molar-refractivity contribution >= 4 is 17.4 Å². The number of carbonyl (C=O) groups excluding carboxylic acids is 2. The molecule has 1 heterocycles. The summed E-state index contributed by atoms with van der Waals surface area (Å²) in [4.78, 5) is 26.9. The Bertz CT molecular complexity index is 884. The summed E-state index contributed by atoms with van der Waals surface area (Å²) in [6.07, 6.45) is -0.397. The molecule has 1 atom stereocenters. The molecule has 1 N–H and O–H groups in total. The zero-order chi connectivity index (χ0) is 19.8. The average molecular weight is 371 g/mol. The van der Waals surface area contributed by atoms with Gasteiger partial charge in [-0.15, -0.1) is 0 Å². The summed E-state index contributed by atoms with van der Waals surface area (Å²) >= 11 is 0. The van der Waals surface area contributed by atoms with Gasteiger partial charge in [0.05, 0.1) is 33.4 Å². The number of likely N-dealkylation sites (N-methyl/N-ethyl adjacent to an activating group) is 1. The lowest BCUT2D eigenvalue weighted by molar-refractivity contribution is -0.135. The first-order chi connectivity index (χ1) is 12.9. The maximum Gasteiger partial charge on any atom is 0.263 e. The van der Waals surface area contributed by atoms with Crippen molar-refractivity contribution in [1.82, 2.24) is 0 Å². The van der Waals surface area contributed by atoms with E-state index in [0.29, 0.717) is 28.5 Å². The van der Waals surface area contributed by atoms with E-state index >= 15 is 0 Å². The second-order valence-corrected chi connectivity index (χ2v) is 6.26. The van der Waals surface area contributed by atoms with Crippen molar-refractivity contribution in [2.24, 2.45) is 0 Å². The van der Waals surface area contributed by atoms with Gasteiger partial charge in [-0.2, -0.15) is 0 Å². The van der Waals surface area contributed by atoms with Gasteiger partial charge in [0.1, 0.15) is 0 Å². The Morgan fingerprint density at radius 3 is 2.22 bits per heavy atom. The van der Waals surface area contributed by atoms with Crippen LogP contribution in [0.15, 0.2) is 36.4 Å². The van der Waals surface area contributed by atoms with E-state index in [-0.39, 0.29) is 5.56 Å². The zero-order valence-corrected chi connectivity index (χ0v) is 15.6. The number of amides is 1. The Hall–Kier alpha value is -3.06. The third-order valence-corrected chi connectivity index (χ3v) is 4.77. The van der Waals surface area contributed by atoms with Crippen LogP contribution in [0, 0.1) is 0 Å². The molecule has 0 saturated heterocycles. The van der Waals surface area contributed by atoms with Crippen molar-refractivity contribution in [2.45, 2.75) is 12.0 Å². The Labute approximate surface area is 157 Å². The van der Waals surface area contributed by atoms with Gasteiger partial charge in [0.25, 0.3) is 5.91 Å². The molecule has 1 aliphatic rings. The third-order valence-electron chi connectivity index (χ3n) is 4.77. The fourth-order valence-corrected chi connectivity index (χ4v) is 3.37. The minimum atomic E-state index is -1.91. The summed E-state index contributed by atoms with van der Waals surface area (Å²) in [5.41, 5.74) is -0.665. The first kappa shape index (κ1) is 18.7. The number of carbonyl (C=O) groups is 2. The van der Waals surface area contributed by atoms with Gasteiger partial charge in [0.2, 0.25) is 5.75 Å². The summed E-state index contributed by atoms with van der Waals surface area (Å²) in [5.74, 6) is 0.0434. The highest BCUT2D eigenvalue weighted by Gasteiger charge is 2.49. The van der Waals surface area contributed by atoms with Gasteiger partial charge in [0, 0.05) is 18.2 Å². The van der Waals surface area contributed by atoms with Crippen LogP contribution in [0.5, 0.6) is 17.2 Å². The van der Waals surface area contributed by atoms with Crippen molar-refractivity contribution in [3.05, 3.63) is 47.5 Å². The quantitative estimate of drug-likeness (QED) is 0.783. The third kappa shape index (κ3) is 2.90. The molecule has 2 aromatic rings. The highest BCUT2D eigenvalue weighted by Crippen LogP contribution is 2.43. The molecule has 27 heavy (non-hydrogen) atoms. The number of rotatable bonds is 6. The standard InChI is InChI=1S/C20H21NO6/c1-21-14-8-6-5-7-13(14)20(24,19(21)23)11-15(22)12-9-16(25-2)18(27-4)17(10-12)26-3/h5-10,24H,11H2,1-4H3/t20-/m0/s1. The van der Waals surface area contributed by atoms with Crippen molar-refractivity contribution in [3.63, 3.8) is 0 Å². The first-order valence-electron chi connectivity index (χ1n) is 8.30. The van der Waals surface area contributed by atoms with E-state index in [1.165, 1.54) is 38.4 Å². The van der Waals surface area contributed by atoms with Crippen LogP contribution in [0.1, 0.15) is 22.3 Å². The van der Waals surface area contributed by atoms with Gasteiger partial charge in [0.15, 0.2) is 22.9 Å². The first-order valence-corrected chi connectivity index (χ1v) is 8.30. The predicted octanol–water partition coefficient (Wildman–Crippen LogP) is 2.15. The number of ketones is 1. The number of benzene rings is 2. The van der Waals surface area contributed by atoms with Gasteiger partial charge >= 0.3 is 0 Å². The molecule has 7 heteroatoms. The molecule has 0 fully saturated rings. The number of para-hydroxylation sites is 1. The molecule has 7 nitrogen and oxygen atoms in total. The van der Waals surface area contributed by atoms with Crippen molar-refractivity contribution < 1.29 is 28.9 Å². The molecule has 0 saturated carbocycles. The monoisotopic (exact) mass is 371 g/mol. The average Bonchev–Trinajstić information content (AvgIpc) is 2.88. The lowest BCUT2D eigenvalue weighted by Gasteiger charge is -2.21. The van der Waals surface area contributed by atoms with Gasteiger partial charge in [-0.3, -0.25) is 9.59 Å². The van der Waals surface area contributed by atoms with Crippen LogP contribution in [0.25, 0.3) is 0 Å². The molecule has 1 aliphatic heterocycles. The predicted molar refractivity (Wildman–Crippen MR) is 98.8 cm³/mol. The van der Waals surface area contributed by atoms with E-state index in [4.69, 9.17) is 14.2 Å². The van der Waals surface area contributed by atoms with E-state index < -0.39 is 23.7 Å². The number of ether oxygens (including phenoxy) is 3. The van der Waals surface area contributed by atoms with Crippen LogP contribution >= 0.6 is 0 Å². The maximum absolute atomic E-state index is 12.9. The summed E-state index contributed by atoms with van der Waals surface area (Å²) in [7, 11) is 5.94. The van der Waals surface area contributed by atoms with Gasteiger partial charge in [-0.1, -0.05) is 18.2 Å². The Morgan fingerprint density at radius 2 is 1.67 bits per heavy atom. The molecule has 0 radical (unpaired) electrons. The number of Topliss-reactive ketones (excluding diaryl/α,β-unsaturated/α-hetero) is 1. The molecule has 142 valence electrons. The topological polar surface area (TPSA) is 85.3 Å². The molecule has 0 spiro atoms. The summed E-state index contributed by atoms with van der Waals surface area (Å²) in [5, 5.41) is 11.1. The second-order valence-electron chi connectivity index (χ2n) is 6.26. The normalized spacial score (nSPS) is 18.3. The molecule has 3 rings (SSSR count). The number of fused-ring (bicyclic) bond motifs is 1. The molecule has 0 aromatic heterocycles. The fourth-order valence-electron chi connectivity index (χ4n) is 3.37. The van der Waals surface area contributed by atoms with E-state index in [9.17, 15) is 14.7 Å². The van der Waals surface area contributed by atoms with Crippen LogP contribution in [-0.4, -0.2) is 45.2 Å². The number of anilines is 1. The number of aliphatic hydroxyl groups is 1. The van der Waals surface area contributed by atoms with Crippen LogP contribution in [-0.2, 0) is 10.4 Å². The van der Waals surface area contributed by atoms with Crippen LogP contribution < -0.4 is 19.1 Å². The van der Waals surface area contributed by atoms with Gasteiger partial charge < -0.3 is 24.2 Å². The maximum atomic E-state index is 12.9. The molecule has 1 amide bonds. The Kier molecular flexibility index (Phi) is 4.80. The Morgan fingerprint density at radius 1 is 1.07 bits per heavy atom. The summed E-state index contributed by atoms with van der Waals surface area (Å²) < 4.78 is 15.8. The summed E-state index contributed by atoms with van der Waals surface area (Å²) in [6, 6.07) is 9.88. The number of methoxy groups -OCH3 is 3. The minimum absolute atomic E-state index is 0.248. The minimum Gasteiger partial charge on any atom is -0.493 e. The molecular weight excluding hydrogens is 350 g/mol.